The predicted molar refractivity (Wildman–Crippen MR) is 115 cm³/mol. The summed E-state index contributed by atoms with van der Waals surface area (Å²) in [6.45, 7) is 1.50. The number of halogens is 1. The van der Waals surface area contributed by atoms with Crippen molar-refractivity contribution in [1.29, 1.82) is 0 Å². The molecule has 29 heavy (non-hydrogen) atoms. The highest BCUT2D eigenvalue weighted by atomic mass is 32.1. The fourth-order valence-electron chi connectivity index (χ4n) is 3.74. The summed E-state index contributed by atoms with van der Waals surface area (Å²) >= 11 is 5.73. The van der Waals surface area contributed by atoms with Crippen molar-refractivity contribution in [3.8, 4) is 11.5 Å². The van der Waals surface area contributed by atoms with Gasteiger partial charge in [-0.3, -0.25) is 0 Å². The van der Waals surface area contributed by atoms with E-state index in [1.165, 1.54) is 12.1 Å². The Morgan fingerprint density at radius 1 is 1.07 bits per heavy atom. The fraction of sp³-hybridized carbons (Fsp3) is 0.227. The quantitative estimate of drug-likeness (QED) is 0.643. The Morgan fingerprint density at radius 3 is 2.69 bits per heavy atom. The summed E-state index contributed by atoms with van der Waals surface area (Å²) < 4.78 is 26.9. The standard InChI is InChI=1S/C22H22FN3O2S/c1-27-17-8-9-20(28-2)18(14-17)21-19-7-4-10-25(19)11-12-26(21)22(29)24-16-6-3-5-15(23)13-16/h3-10,13-14,21H,11-12H2,1-2H3,(H,24,29)/t21-/m1/s1. The molecule has 4 rings (SSSR count). The van der Waals surface area contributed by atoms with Crippen LogP contribution >= 0.6 is 12.2 Å². The lowest BCUT2D eigenvalue weighted by atomic mass is 9.99. The zero-order valence-electron chi connectivity index (χ0n) is 16.3. The fourth-order valence-corrected chi connectivity index (χ4v) is 4.06. The van der Waals surface area contributed by atoms with Crippen molar-refractivity contribution in [2.24, 2.45) is 0 Å². The highest BCUT2D eigenvalue weighted by Gasteiger charge is 2.33. The van der Waals surface area contributed by atoms with Gasteiger partial charge in [0.1, 0.15) is 23.4 Å². The van der Waals surface area contributed by atoms with Gasteiger partial charge in [-0.05, 0) is 60.7 Å². The topological polar surface area (TPSA) is 38.7 Å². The summed E-state index contributed by atoms with van der Waals surface area (Å²) in [6.07, 6.45) is 2.06. The summed E-state index contributed by atoms with van der Waals surface area (Å²) in [5, 5.41) is 3.70. The zero-order chi connectivity index (χ0) is 20.4. The minimum atomic E-state index is -0.309. The van der Waals surface area contributed by atoms with Crippen LogP contribution in [0.15, 0.2) is 60.8 Å². The first-order valence-corrected chi connectivity index (χ1v) is 9.71. The summed E-state index contributed by atoms with van der Waals surface area (Å²) in [5.74, 6) is 1.19. The SMILES string of the molecule is COc1ccc(OC)c([C@@H]2c3cccn3CCN2C(=S)Nc2cccc(F)c2)c1. The summed E-state index contributed by atoms with van der Waals surface area (Å²) in [5.41, 5.74) is 2.67. The normalized spacial score (nSPS) is 15.6. The minimum absolute atomic E-state index is 0.169. The first-order valence-electron chi connectivity index (χ1n) is 9.31. The molecule has 1 aromatic heterocycles. The lowest BCUT2D eigenvalue weighted by Gasteiger charge is -2.39. The second kappa shape index (κ2) is 8.13. The third kappa shape index (κ3) is 3.78. The highest BCUT2D eigenvalue weighted by molar-refractivity contribution is 7.80. The third-order valence-electron chi connectivity index (χ3n) is 5.11. The molecule has 1 aliphatic heterocycles. The molecule has 1 N–H and O–H groups in total. The predicted octanol–water partition coefficient (Wildman–Crippen LogP) is 4.45. The third-order valence-corrected chi connectivity index (χ3v) is 5.44. The Bertz CT molecular complexity index is 1040. The van der Waals surface area contributed by atoms with Gasteiger partial charge in [0, 0.05) is 36.2 Å². The van der Waals surface area contributed by atoms with Crippen LogP contribution in [-0.4, -0.2) is 35.3 Å². The van der Waals surface area contributed by atoms with E-state index in [2.05, 4.69) is 27.0 Å². The average molecular weight is 412 g/mol. The second-order valence-electron chi connectivity index (χ2n) is 6.77. The van der Waals surface area contributed by atoms with Crippen LogP contribution in [0.2, 0.25) is 0 Å². The van der Waals surface area contributed by atoms with Gasteiger partial charge >= 0.3 is 0 Å². The molecule has 0 spiro atoms. The maximum absolute atomic E-state index is 13.6. The van der Waals surface area contributed by atoms with E-state index in [4.69, 9.17) is 21.7 Å². The molecule has 0 aliphatic carbocycles. The lowest BCUT2D eigenvalue weighted by molar-refractivity contribution is 0.284. The number of thiocarbonyl (C=S) groups is 1. The van der Waals surface area contributed by atoms with E-state index in [9.17, 15) is 4.39 Å². The highest BCUT2D eigenvalue weighted by Crippen LogP contribution is 2.39. The van der Waals surface area contributed by atoms with Gasteiger partial charge in [0.05, 0.1) is 14.2 Å². The van der Waals surface area contributed by atoms with Crippen LogP contribution in [0, 0.1) is 5.82 Å². The molecule has 0 unspecified atom stereocenters. The van der Waals surface area contributed by atoms with E-state index in [1.54, 1.807) is 26.4 Å². The van der Waals surface area contributed by atoms with Crippen LogP contribution in [0.5, 0.6) is 11.5 Å². The van der Waals surface area contributed by atoms with E-state index in [0.29, 0.717) is 17.3 Å². The van der Waals surface area contributed by atoms with Crippen molar-refractivity contribution >= 4 is 23.0 Å². The van der Waals surface area contributed by atoms with Crippen molar-refractivity contribution in [2.45, 2.75) is 12.6 Å². The van der Waals surface area contributed by atoms with E-state index in [1.807, 2.05) is 24.3 Å². The van der Waals surface area contributed by atoms with Crippen LogP contribution < -0.4 is 14.8 Å². The molecule has 3 aromatic rings. The Balaban J connectivity index is 1.75. The van der Waals surface area contributed by atoms with E-state index < -0.39 is 0 Å². The molecule has 2 aromatic carbocycles. The molecule has 0 saturated carbocycles. The Kier molecular flexibility index (Phi) is 5.40. The molecule has 0 radical (unpaired) electrons. The zero-order valence-corrected chi connectivity index (χ0v) is 17.1. The maximum Gasteiger partial charge on any atom is 0.174 e. The first-order chi connectivity index (χ1) is 14.1. The number of fused-ring (bicyclic) bond motifs is 1. The molecule has 150 valence electrons. The Morgan fingerprint density at radius 2 is 1.93 bits per heavy atom. The van der Waals surface area contributed by atoms with Gasteiger partial charge in [-0.2, -0.15) is 0 Å². The van der Waals surface area contributed by atoms with Crippen molar-refractivity contribution in [2.75, 3.05) is 26.1 Å². The summed E-state index contributed by atoms with van der Waals surface area (Å²) in [6, 6.07) is 16.0. The molecule has 1 aliphatic rings. The first kappa shape index (κ1) is 19.3. The van der Waals surface area contributed by atoms with E-state index >= 15 is 0 Å². The molecule has 0 bridgehead atoms. The summed E-state index contributed by atoms with van der Waals surface area (Å²) in [4.78, 5) is 2.10. The van der Waals surface area contributed by atoms with Gasteiger partial charge in [-0.15, -0.1) is 0 Å². The number of anilines is 1. The minimum Gasteiger partial charge on any atom is -0.497 e. The van der Waals surface area contributed by atoms with E-state index in [0.717, 1.165) is 29.3 Å². The van der Waals surface area contributed by atoms with Crippen LogP contribution in [-0.2, 0) is 6.54 Å². The molecule has 7 heteroatoms. The number of ether oxygens (including phenoxy) is 2. The Labute approximate surface area is 174 Å². The second-order valence-corrected chi connectivity index (χ2v) is 7.16. The number of rotatable bonds is 4. The molecule has 0 fully saturated rings. The average Bonchev–Trinajstić information content (AvgIpc) is 3.21. The molecular weight excluding hydrogens is 389 g/mol. The molecule has 0 saturated heterocycles. The number of hydrogen-bond donors (Lipinski definition) is 1. The molecule has 1 atom stereocenters. The summed E-state index contributed by atoms with van der Waals surface area (Å²) in [7, 11) is 3.30. The van der Waals surface area contributed by atoms with Gasteiger partial charge in [-0.1, -0.05) is 6.07 Å². The Hall–Kier alpha value is -3.06. The van der Waals surface area contributed by atoms with Gasteiger partial charge in [0.15, 0.2) is 5.11 Å². The molecule has 2 heterocycles. The van der Waals surface area contributed by atoms with E-state index in [-0.39, 0.29) is 11.9 Å². The number of aromatic nitrogens is 1. The maximum atomic E-state index is 13.6. The van der Waals surface area contributed by atoms with Crippen LogP contribution in [0.4, 0.5) is 10.1 Å². The van der Waals surface area contributed by atoms with Crippen molar-refractivity contribution < 1.29 is 13.9 Å². The van der Waals surface area contributed by atoms with Crippen LogP contribution in [0.25, 0.3) is 0 Å². The lowest BCUT2D eigenvalue weighted by Crippen LogP contribution is -2.44. The van der Waals surface area contributed by atoms with Gasteiger partial charge in [0.2, 0.25) is 0 Å². The van der Waals surface area contributed by atoms with Crippen molar-refractivity contribution in [3.05, 3.63) is 77.9 Å². The number of nitrogens with one attached hydrogen (secondary N) is 1. The number of nitrogens with zero attached hydrogens (tertiary/aromatic N) is 2. The van der Waals surface area contributed by atoms with Crippen molar-refractivity contribution in [3.63, 3.8) is 0 Å². The molecular formula is C22H22FN3O2S. The van der Waals surface area contributed by atoms with Gasteiger partial charge < -0.3 is 24.3 Å². The van der Waals surface area contributed by atoms with Gasteiger partial charge in [0.25, 0.3) is 0 Å². The van der Waals surface area contributed by atoms with Gasteiger partial charge in [-0.25, -0.2) is 4.39 Å². The van der Waals surface area contributed by atoms with Crippen LogP contribution in [0.1, 0.15) is 17.3 Å². The number of methoxy groups -OCH3 is 2. The smallest absolute Gasteiger partial charge is 0.174 e. The van der Waals surface area contributed by atoms with Crippen LogP contribution in [0.3, 0.4) is 0 Å². The van der Waals surface area contributed by atoms with Crippen molar-refractivity contribution in [1.82, 2.24) is 9.47 Å². The molecule has 5 nitrogen and oxygen atoms in total. The number of hydrogen-bond acceptors (Lipinski definition) is 3. The monoisotopic (exact) mass is 411 g/mol. The number of benzene rings is 2. The largest absolute Gasteiger partial charge is 0.497 e. The molecule has 0 amide bonds.